The van der Waals surface area contributed by atoms with Crippen molar-refractivity contribution < 1.29 is 4.74 Å². The lowest BCUT2D eigenvalue weighted by Crippen LogP contribution is -2.42. The Kier molecular flexibility index (Phi) is 6.02. The van der Waals surface area contributed by atoms with Crippen molar-refractivity contribution in [3.05, 3.63) is 35.4 Å². The number of rotatable bonds is 6. The van der Waals surface area contributed by atoms with Gasteiger partial charge in [0.05, 0.1) is 12.1 Å². The van der Waals surface area contributed by atoms with E-state index < -0.39 is 0 Å². The van der Waals surface area contributed by atoms with Crippen molar-refractivity contribution in [1.82, 2.24) is 5.32 Å². The van der Waals surface area contributed by atoms with Gasteiger partial charge in [0.2, 0.25) is 0 Å². The number of aryl methyl sites for hydroxylation is 1. The molecule has 0 aliphatic rings. The summed E-state index contributed by atoms with van der Waals surface area (Å²) in [6, 6.07) is 8.82. The quantitative estimate of drug-likeness (QED) is 0.834. The third kappa shape index (κ3) is 4.32. The van der Waals surface area contributed by atoms with Crippen molar-refractivity contribution >= 4 is 0 Å². The molecule has 0 aliphatic carbocycles. The maximum Gasteiger partial charge on any atom is 0.0814 e. The van der Waals surface area contributed by atoms with E-state index in [1.54, 1.807) is 0 Å². The summed E-state index contributed by atoms with van der Waals surface area (Å²) in [6.07, 6.45) is 1.28. The molecule has 0 aliphatic heterocycles. The van der Waals surface area contributed by atoms with Crippen LogP contribution in [0.25, 0.3) is 0 Å². The number of hydrogen-bond donors (Lipinski definition) is 1. The molecule has 2 atom stereocenters. The second kappa shape index (κ2) is 7.06. The molecule has 19 heavy (non-hydrogen) atoms. The van der Waals surface area contributed by atoms with E-state index in [2.05, 4.69) is 64.2 Å². The van der Waals surface area contributed by atoms with Gasteiger partial charge in [-0.15, -0.1) is 0 Å². The predicted octanol–water partition coefficient (Wildman–Crippen LogP) is 4.10. The summed E-state index contributed by atoms with van der Waals surface area (Å²) >= 11 is 0. The first-order chi connectivity index (χ1) is 8.91. The van der Waals surface area contributed by atoms with Crippen LogP contribution in [-0.4, -0.2) is 19.8 Å². The molecule has 1 rings (SSSR count). The molecule has 2 heteroatoms. The van der Waals surface area contributed by atoms with E-state index in [0.717, 1.165) is 13.0 Å². The zero-order chi connectivity index (χ0) is 14.5. The van der Waals surface area contributed by atoms with Crippen LogP contribution in [0.1, 0.15) is 51.3 Å². The smallest absolute Gasteiger partial charge is 0.0814 e. The molecule has 0 radical (unpaired) electrons. The highest BCUT2D eigenvalue weighted by Crippen LogP contribution is 2.33. The average Bonchev–Trinajstić information content (AvgIpc) is 2.34. The van der Waals surface area contributed by atoms with Gasteiger partial charge in [0.15, 0.2) is 0 Å². The van der Waals surface area contributed by atoms with Crippen LogP contribution in [-0.2, 0) is 4.74 Å². The SMILES string of the molecule is CCCNC(c1ccccc1C)C(OC)C(C)(C)C. The Morgan fingerprint density at radius 3 is 2.32 bits per heavy atom. The second-order valence-corrected chi connectivity index (χ2v) is 6.31. The normalized spacial score (nSPS) is 15.3. The van der Waals surface area contributed by atoms with Gasteiger partial charge >= 0.3 is 0 Å². The van der Waals surface area contributed by atoms with Crippen molar-refractivity contribution in [3.8, 4) is 0 Å². The molecule has 1 aromatic rings. The van der Waals surface area contributed by atoms with Crippen LogP contribution in [0.4, 0.5) is 0 Å². The van der Waals surface area contributed by atoms with Gasteiger partial charge in [-0.2, -0.15) is 0 Å². The van der Waals surface area contributed by atoms with Crippen molar-refractivity contribution in [1.29, 1.82) is 0 Å². The largest absolute Gasteiger partial charge is 0.379 e. The summed E-state index contributed by atoms with van der Waals surface area (Å²) in [5, 5.41) is 3.66. The Balaban J connectivity index is 3.10. The molecular weight excluding hydrogens is 234 g/mol. The number of methoxy groups -OCH3 is 1. The molecule has 0 aromatic heterocycles. The fourth-order valence-electron chi connectivity index (χ4n) is 2.61. The maximum atomic E-state index is 5.82. The van der Waals surface area contributed by atoms with Gasteiger partial charge < -0.3 is 10.1 Å². The molecule has 1 aromatic carbocycles. The van der Waals surface area contributed by atoms with Gasteiger partial charge in [0, 0.05) is 7.11 Å². The number of benzene rings is 1. The summed E-state index contributed by atoms with van der Waals surface area (Å²) in [7, 11) is 1.81. The zero-order valence-corrected chi connectivity index (χ0v) is 13.3. The molecule has 0 spiro atoms. The van der Waals surface area contributed by atoms with Crippen molar-refractivity contribution in [2.24, 2.45) is 5.41 Å². The number of ether oxygens (including phenoxy) is 1. The third-order valence-corrected chi connectivity index (χ3v) is 3.55. The summed E-state index contributed by atoms with van der Waals surface area (Å²) < 4.78 is 5.82. The maximum absolute atomic E-state index is 5.82. The first-order valence-corrected chi connectivity index (χ1v) is 7.23. The highest BCUT2D eigenvalue weighted by Gasteiger charge is 2.33. The standard InChI is InChI=1S/C17H29NO/c1-7-12-18-15(16(19-6)17(3,4)5)14-11-9-8-10-13(14)2/h8-11,15-16,18H,7,12H2,1-6H3. The molecule has 0 fully saturated rings. The van der Waals surface area contributed by atoms with Crippen molar-refractivity contribution in [3.63, 3.8) is 0 Å². The molecule has 108 valence electrons. The monoisotopic (exact) mass is 263 g/mol. The van der Waals surface area contributed by atoms with Gasteiger partial charge in [0.25, 0.3) is 0 Å². The van der Waals surface area contributed by atoms with Crippen LogP contribution in [0, 0.1) is 12.3 Å². The molecule has 2 nitrogen and oxygen atoms in total. The van der Waals surface area contributed by atoms with Gasteiger partial charge in [-0.3, -0.25) is 0 Å². The Bertz CT molecular complexity index is 381. The van der Waals surface area contributed by atoms with E-state index in [4.69, 9.17) is 4.74 Å². The van der Waals surface area contributed by atoms with Crippen molar-refractivity contribution in [2.45, 2.75) is 53.2 Å². The van der Waals surface area contributed by atoms with Crippen LogP contribution in [0.2, 0.25) is 0 Å². The fraction of sp³-hybridized carbons (Fsp3) is 0.647. The summed E-state index contributed by atoms with van der Waals surface area (Å²) in [4.78, 5) is 0. The summed E-state index contributed by atoms with van der Waals surface area (Å²) in [5.74, 6) is 0. The third-order valence-electron chi connectivity index (χ3n) is 3.55. The van der Waals surface area contributed by atoms with Gasteiger partial charge in [-0.1, -0.05) is 52.0 Å². The lowest BCUT2D eigenvalue weighted by atomic mass is 9.81. The minimum Gasteiger partial charge on any atom is -0.379 e. The Hall–Kier alpha value is -0.860. The minimum atomic E-state index is 0.0996. The first-order valence-electron chi connectivity index (χ1n) is 7.23. The Morgan fingerprint density at radius 2 is 1.84 bits per heavy atom. The molecule has 0 heterocycles. The highest BCUT2D eigenvalue weighted by atomic mass is 16.5. The second-order valence-electron chi connectivity index (χ2n) is 6.31. The van der Waals surface area contributed by atoms with E-state index >= 15 is 0 Å². The van der Waals surface area contributed by atoms with E-state index in [9.17, 15) is 0 Å². The van der Waals surface area contributed by atoms with Gasteiger partial charge in [-0.25, -0.2) is 0 Å². The van der Waals surface area contributed by atoms with Crippen LogP contribution in [0.3, 0.4) is 0 Å². The number of hydrogen-bond acceptors (Lipinski definition) is 2. The highest BCUT2D eigenvalue weighted by molar-refractivity contribution is 5.30. The van der Waals surface area contributed by atoms with E-state index in [0.29, 0.717) is 0 Å². The Morgan fingerprint density at radius 1 is 1.21 bits per heavy atom. The summed E-state index contributed by atoms with van der Waals surface area (Å²) in [6.45, 7) is 12.1. The van der Waals surface area contributed by atoms with Crippen LogP contribution >= 0.6 is 0 Å². The van der Waals surface area contributed by atoms with E-state index in [1.807, 2.05) is 7.11 Å². The van der Waals surface area contributed by atoms with E-state index in [-0.39, 0.29) is 17.6 Å². The van der Waals surface area contributed by atoms with Gasteiger partial charge in [-0.05, 0) is 36.4 Å². The van der Waals surface area contributed by atoms with Gasteiger partial charge in [0.1, 0.15) is 0 Å². The zero-order valence-electron chi connectivity index (χ0n) is 13.3. The molecule has 1 N–H and O–H groups in total. The molecular formula is C17H29NO. The topological polar surface area (TPSA) is 21.3 Å². The van der Waals surface area contributed by atoms with Crippen LogP contribution in [0.5, 0.6) is 0 Å². The molecule has 0 saturated carbocycles. The average molecular weight is 263 g/mol. The molecule has 0 bridgehead atoms. The first kappa shape index (κ1) is 16.2. The summed E-state index contributed by atoms with van der Waals surface area (Å²) in [5.41, 5.74) is 2.77. The van der Waals surface area contributed by atoms with Crippen LogP contribution in [0.15, 0.2) is 24.3 Å². The lowest BCUT2D eigenvalue weighted by Gasteiger charge is -2.37. The van der Waals surface area contributed by atoms with Crippen molar-refractivity contribution in [2.75, 3.05) is 13.7 Å². The molecule has 0 amide bonds. The lowest BCUT2D eigenvalue weighted by molar-refractivity contribution is -0.0120. The fourth-order valence-corrected chi connectivity index (χ4v) is 2.61. The van der Waals surface area contributed by atoms with Crippen LogP contribution < -0.4 is 5.32 Å². The number of nitrogens with one attached hydrogen (secondary N) is 1. The van der Waals surface area contributed by atoms with E-state index in [1.165, 1.54) is 11.1 Å². The Labute approximate surface area is 118 Å². The molecule has 2 unspecified atom stereocenters. The minimum absolute atomic E-state index is 0.0996. The molecule has 0 saturated heterocycles. The predicted molar refractivity (Wildman–Crippen MR) is 82.5 cm³/mol.